The molecule has 13 heteroatoms. The number of aliphatic carboxylic acids is 1. The van der Waals surface area contributed by atoms with Gasteiger partial charge in [-0.3, -0.25) is 19.2 Å². The summed E-state index contributed by atoms with van der Waals surface area (Å²) in [6.45, 7) is 2.93. The Morgan fingerprint density at radius 2 is 1.62 bits per heavy atom. The number of likely N-dealkylation sites (tertiary alicyclic amines) is 1. The lowest BCUT2D eigenvalue weighted by Crippen LogP contribution is -2.74. The van der Waals surface area contributed by atoms with E-state index < -0.39 is 53.9 Å². The van der Waals surface area contributed by atoms with Gasteiger partial charge in [0.05, 0.1) is 23.4 Å². The zero-order valence-corrected chi connectivity index (χ0v) is 32.2. The normalized spacial score (nSPS) is 24.2. The van der Waals surface area contributed by atoms with E-state index in [1.807, 2.05) is 13.1 Å². The number of esters is 1. The number of benzene rings is 1. The number of carboxylic acids is 1. The Bertz CT molecular complexity index is 1560. The van der Waals surface area contributed by atoms with Gasteiger partial charge >= 0.3 is 18.1 Å². The van der Waals surface area contributed by atoms with E-state index >= 15 is 0 Å². The first-order valence-electron chi connectivity index (χ1n) is 20.0. The number of aromatic hydroxyl groups is 1. The van der Waals surface area contributed by atoms with Gasteiger partial charge in [-0.2, -0.15) is 13.2 Å². The minimum absolute atomic E-state index is 0.0297. The smallest absolute Gasteiger partial charge is 0.446 e. The fraction of sp³-hybridized carbons (Fsp3) is 0.667. The number of phenolic OH excluding ortho intramolecular Hbond substituents is 1. The van der Waals surface area contributed by atoms with E-state index in [2.05, 4.69) is 24.0 Å². The summed E-state index contributed by atoms with van der Waals surface area (Å²) in [6.07, 6.45) is 15.8. The van der Waals surface area contributed by atoms with Crippen molar-refractivity contribution in [1.29, 1.82) is 0 Å². The summed E-state index contributed by atoms with van der Waals surface area (Å²) in [6, 6.07) is 3.29. The molecular weight excluding hydrogens is 719 g/mol. The molecule has 5 atom stereocenters. The number of halogens is 3. The lowest BCUT2D eigenvalue weighted by molar-refractivity contribution is -0.171. The molecule has 1 spiro atoms. The molecule has 2 heterocycles. The standard InChI is InChI=1S/C40H57NO8.C2HF3O/c1-3-4-5-6-7-8-9-10-11-12-13-14-15-16-17-18-30(42)25-29(27-34(44)45)38(46)48-32-21-22-40(47)33-26-28-19-20-31(43)36-35(28)39(40,37(32)49-36)23-24-41(33)2;3-2(4,5)1-6/h10-11,19-21,29,33,37,43,47H,3-9,12-18,22-27H2,1-2H3,(H,44,45);1H/b11-10+;/t29-,33+,37-,39-,40+;/m0./s1. The number of alkyl halides is 3. The first kappa shape index (κ1) is 44.0. The summed E-state index contributed by atoms with van der Waals surface area (Å²) in [5, 5.41) is 32.6. The van der Waals surface area contributed by atoms with Crippen LogP contribution in [-0.4, -0.2) is 81.7 Å². The predicted molar refractivity (Wildman–Crippen MR) is 200 cm³/mol. The fourth-order valence-corrected chi connectivity index (χ4v) is 8.86. The van der Waals surface area contributed by atoms with Crippen LogP contribution in [0.3, 0.4) is 0 Å². The van der Waals surface area contributed by atoms with E-state index in [1.165, 1.54) is 44.9 Å². The molecular formula is C42H58F3NO9. The van der Waals surface area contributed by atoms with Crippen molar-refractivity contribution in [2.24, 2.45) is 5.92 Å². The first-order chi connectivity index (χ1) is 26.2. The highest BCUT2D eigenvalue weighted by molar-refractivity contribution is 5.87. The van der Waals surface area contributed by atoms with Crippen LogP contribution in [0.4, 0.5) is 13.2 Å². The second-order valence-corrected chi connectivity index (χ2v) is 15.6. The van der Waals surface area contributed by atoms with Gasteiger partial charge in [0.15, 0.2) is 17.6 Å². The number of allylic oxidation sites excluding steroid dienone is 2. The quantitative estimate of drug-likeness (QED) is 0.0484. The van der Waals surface area contributed by atoms with Gasteiger partial charge in [-0.15, -0.1) is 0 Å². The van der Waals surface area contributed by atoms with Crippen LogP contribution in [0, 0.1) is 5.92 Å². The van der Waals surface area contributed by atoms with Gasteiger partial charge in [0.25, 0.3) is 0 Å². The van der Waals surface area contributed by atoms with E-state index in [9.17, 15) is 42.9 Å². The van der Waals surface area contributed by atoms with Gasteiger partial charge < -0.3 is 29.7 Å². The monoisotopic (exact) mass is 777 g/mol. The van der Waals surface area contributed by atoms with Crippen molar-refractivity contribution >= 4 is 24.0 Å². The molecule has 306 valence electrons. The molecule has 1 fully saturated rings. The molecule has 10 nitrogen and oxygen atoms in total. The van der Waals surface area contributed by atoms with Gasteiger partial charge in [-0.1, -0.05) is 76.5 Å². The highest BCUT2D eigenvalue weighted by Gasteiger charge is 2.72. The van der Waals surface area contributed by atoms with Crippen LogP contribution in [0.1, 0.15) is 134 Å². The second-order valence-electron chi connectivity index (χ2n) is 15.6. The number of carbonyl (C=O) groups is 4. The van der Waals surface area contributed by atoms with E-state index in [0.717, 1.165) is 43.2 Å². The van der Waals surface area contributed by atoms with Crippen molar-refractivity contribution in [2.45, 2.75) is 158 Å². The van der Waals surface area contributed by atoms with Gasteiger partial charge in [0.1, 0.15) is 11.5 Å². The number of phenols is 1. The SMILES string of the molecule is CCCCCCCC/C=C/CCCCCCCC(=O)C[C@@H](CC(=O)O)C(=O)OC1=CC[C@@]2(O)[C@H]3Cc4ccc(O)c5c4[C@@]2(CCN3C)[C@H]1O5.O=CC(F)(F)F. The summed E-state index contributed by atoms with van der Waals surface area (Å²) in [5.74, 6) is -2.74. The lowest BCUT2D eigenvalue weighted by Gasteiger charge is -2.61. The van der Waals surface area contributed by atoms with Crippen LogP contribution in [0.5, 0.6) is 11.5 Å². The molecule has 2 aliphatic heterocycles. The number of carboxylic acid groups (broad SMARTS) is 1. The number of hydrogen-bond acceptors (Lipinski definition) is 9. The first-order valence-corrected chi connectivity index (χ1v) is 20.0. The van der Waals surface area contributed by atoms with Crippen molar-refractivity contribution in [1.82, 2.24) is 4.90 Å². The van der Waals surface area contributed by atoms with Crippen LogP contribution in [-0.2, 0) is 35.8 Å². The minimum Gasteiger partial charge on any atom is -0.504 e. The van der Waals surface area contributed by atoms with Crippen molar-refractivity contribution in [3.8, 4) is 11.5 Å². The number of carbonyl (C=O) groups excluding carboxylic acids is 3. The Kier molecular flexibility index (Phi) is 16.0. The maximum atomic E-state index is 13.5. The number of ketones is 1. The third-order valence-electron chi connectivity index (χ3n) is 11.7. The number of Topliss-reactive ketones (excluding diaryl/α,β-unsaturated/α-hetero) is 1. The number of hydrogen-bond donors (Lipinski definition) is 3. The lowest BCUT2D eigenvalue weighted by atomic mass is 9.50. The van der Waals surface area contributed by atoms with Crippen LogP contribution in [0.2, 0.25) is 0 Å². The number of aldehydes is 1. The fourth-order valence-electron chi connectivity index (χ4n) is 8.86. The van der Waals surface area contributed by atoms with Gasteiger partial charge in [-0.25, -0.2) is 0 Å². The molecule has 2 aliphatic carbocycles. The van der Waals surface area contributed by atoms with E-state index in [-0.39, 0.29) is 36.2 Å². The van der Waals surface area contributed by atoms with Crippen LogP contribution in [0.25, 0.3) is 0 Å². The van der Waals surface area contributed by atoms with E-state index in [1.54, 1.807) is 12.1 Å². The Morgan fingerprint density at radius 3 is 2.24 bits per heavy atom. The number of unbranched alkanes of at least 4 members (excludes halogenated alkanes) is 11. The number of likely N-dealkylation sites (N-methyl/N-ethyl adjacent to an activating group) is 1. The Hall–Kier alpha value is -3.71. The molecule has 0 saturated carbocycles. The molecule has 0 aromatic heterocycles. The van der Waals surface area contributed by atoms with Crippen molar-refractivity contribution in [3.05, 3.63) is 47.2 Å². The summed E-state index contributed by atoms with van der Waals surface area (Å²) >= 11 is 0. The molecule has 3 N–H and O–H groups in total. The molecule has 1 aromatic rings. The van der Waals surface area contributed by atoms with Crippen molar-refractivity contribution in [2.75, 3.05) is 13.6 Å². The largest absolute Gasteiger partial charge is 0.504 e. The number of nitrogens with zero attached hydrogens (tertiary/aromatic N) is 1. The molecule has 2 bridgehead atoms. The minimum atomic E-state index is -4.64. The Morgan fingerprint density at radius 1 is 1.00 bits per heavy atom. The van der Waals surface area contributed by atoms with Crippen molar-refractivity contribution in [3.63, 3.8) is 0 Å². The highest BCUT2D eigenvalue weighted by Crippen LogP contribution is 2.65. The molecule has 55 heavy (non-hydrogen) atoms. The third kappa shape index (κ3) is 10.8. The second kappa shape index (κ2) is 19.9. The van der Waals surface area contributed by atoms with Crippen LogP contribution < -0.4 is 4.74 Å². The third-order valence-corrected chi connectivity index (χ3v) is 11.7. The molecule has 4 aliphatic rings. The maximum absolute atomic E-state index is 13.5. The molecule has 0 amide bonds. The topological polar surface area (TPSA) is 151 Å². The summed E-state index contributed by atoms with van der Waals surface area (Å²) in [7, 11) is 2.00. The Balaban J connectivity index is 0.00000104. The van der Waals surface area contributed by atoms with Gasteiger partial charge in [0.2, 0.25) is 6.29 Å². The average molecular weight is 778 g/mol. The van der Waals surface area contributed by atoms with E-state index in [4.69, 9.17) is 14.3 Å². The summed E-state index contributed by atoms with van der Waals surface area (Å²) in [5.41, 5.74) is -0.345. The zero-order chi connectivity index (χ0) is 40.2. The Labute approximate surface area is 322 Å². The van der Waals surface area contributed by atoms with E-state index in [0.29, 0.717) is 38.0 Å². The zero-order valence-electron chi connectivity index (χ0n) is 32.2. The molecule has 1 saturated heterocycles. The van der Waals surface area contributed by atoms with Crippen LogP contribution >= 0.6 is 0 Å². The highest BCUT2D eigenvalue weighted by atomic mass is 19.4. The molecule has 0 radical (unpaired) electrons. The predicted octanol–water partition coefficient (Wildman–Crippen LogP) is 8.05. The number of aliphatic hydroxyl groups is 1. The molecule has 1 aromatic carbocycles. The summed E-state index contributed by atoms with van der Waals surface area (Å²) in [4.78, 5) is 49.0. The number of rotatable bonds is 21. The summed E-state index contributed by atoms with van der Waals surface area (Å²) < 4.78 is 43.5. The molecule has 5 rings (SSSR count). The van der Waals surface area contributed by atoms with Gasteiger partial charge in [0, 0.05) is 30.9 Å². The number of ether oxygens (including phenoxy) is 2. The average Bonchev–Trinajstić information content (AvgIpc) is 3.50. The van der Waals surface area contributed by atoms with Gasteiger partial charge in [-0.05, 0) is 76.2 Å². The maximum Gasteiger partial charge on any atom is 0.446 e. The van der Waals surface area contributed by atoms with Crippen molar-refractivity contribution < 1.29 is 57.1 Å². The number of piperidine rings is 1. The molecule has 0 unspecified atom stereocenters. The van der Waals surface area contributed by atoms with Crippen LogP contribution in [0.15, 0.2) is 36.1 Å².